The van der Waals surface area contributed by atoms with Gasteiger partial charge in [-0.15, -0.1) is 11.8 Å². The fraction of sp³-hybridized carbons (Fsp3) is 0.167. The highest BCUT2D eigenvalue weighted by atomic mass is 32.2. The molecule has 2 aromatic rings. The van der Waals surface area contributed by atoms with Gasteiger partial charge < -0.3 is 4.98 Å². The van der Waals surface area contributed by atoms with E-state index in [1.165, 1.54) is 23.9 Å². The Kier molecular flexibility index (Phi) is 3.58. The molecule has 2 rings (SSSR count). The minimum Gasteiger partial charge on any atom is -0.300 e. The molecule has 0 spiro atoms. The number of thioether (sulfide) groups is 1. The Morgan fingerprint density at radius 1 is 1.35 bits per heavy atom. The van der Waals surface area contributed by atoms with Gasteiger partial charge in [-0.1, -0.05) is 12.1 Å². The summed E-state index contributed by atoms with van der Waals surface area (Å²) in [6.07, 6.45) is 1.55. The van der Waals surface area contributed by atoms with Crippen molar-refractivity contribution in [1.29, 1.82) is 0 Å². The van der Waals surface area contributed by atoms with Gasteiger partial charge in [0.1, 0.15) is 5.82 Å². The van der Waals surface area contributed by atoms with Gasteiger partial charge in [0.15, 0.2) is 0 Å². The van der Waals surface area contributed by atoms with Crippen molar-refractivity contribution in [3.05, 3.63) is 57.9 Å². The van der Waals surface area contributed by atoms with Gasteiger partial charge in [-0.25, -0.2) is 14.2 Å². The predicted molar refractivity (Wildman–Crippen MR) is 65.6 cm³/mol. The summed E-state index contributed by atoms with van der Waals surface area (Å²) in [6.45, 7) is 1.88. The zero-order valence-electron chi connectivity index (χ0n) is 9.24. The number of aromatic amines is 1. The maximum absolute atomic E-state index is 12.7. The first-order chi connectivity index (χ1) is 8.15. The van der Waals surface area contributed by atoms with Crippen LogP contribution in [0.15, 0.2) is 40.3 Å². The van der Waals surface area contributed by atoms with E-state index in [4.69, 9.17) is 0 Å². The Morgan fingerprint density at radius 3 is 2.76 bits per heavy atom. The SMILES string of the molecule is Cc1cnc(=O)[nH]c1SCc1ccc(F)cc1. The first kappa shape index (κ1) is 11.9. The second-order valence-electron chi connectivity index (χ2n) is 3.62. The summed E-state index contributed by atoms with van der Waals surface area (Å²) in [6, 6.07) is 6.32. The topological polar surface area (TPSA) is 45.8 Å². The van der Waals surface area contributed by atoms with Gasteiger partial charge in [0, 0.05) is 11.9 Å². The summed E-state index contributed by atoms with van der Waals surface area (Å²) in [5, 5.41) is 0.800. The molecule has 0 aliphatic heterocycles. The summed E-state index contributed by atoms with van der Waals surface area (Å²) in [5.41, 5.74) is 1.59. The van der Waals surface area contributed by atoms with E-state index < -0.39 is 0 Å². The molecule has 1 heterocycles. The highest BCUT2D eigenvalue weighted by Crippen LogP contribution is 2.22. The molecule has 17 heavy (non-hydrogen) atoms. The van der Waals surface area contributed by atoms with Crippen molar-refractivity contribution in [2.45, 2.75) is 17.7 Å². The van der Waals surface area contributed by atoms with Crippen LogP contribution >= 0.6 is 11.8 Å². The van der Waals surface area contributed by atoms with Crippen molar-refractivity contribution in [2.24, 2.45) is 0 Å². The van der Waals surface area contributed by atoms with Crippen molar-refractivity contribution in [1.82, 2.24) is 9.97 Å². The second-order valence-corrected chi connectivity index (χ2v) is 4.60. The summed E-state index contributed by atoms with van der Waals surface area (Å²) in [5.74, 6) is 0.438. The van der Waals surface area contributed by atoms with Crippen LogP contribution in [0.1, 0.15) is 11.1 Å². The number of hydrogen-bond donors (Lipinski definition) is 1. The molecule has 0 atom stereocenters. The van der Waals surface area contributed by atoms with Gasteiger partial charge >= 0.3 is 5.69 Å². The van der Waals surface area contributed by atoms with Crippen molar-refractivity contribution < 1.29 is 4.39 Å². The number of nitrogens with one attached hydrogen (secondary N) is 1. The highest BCUT2D eigenvalue weighted by molar-refractivity contribution is 7.98. The zero-order chi connectivity index (χ0) is 12.3. The van der Waals surface area contributed by atoms with Crippen LogP contribution in [0.3, 0.4) is 0 Å². The van der Waals surface area contributed by atoms with E-state index in [1.54, 1.807) is 18.3 Å². The van der Waals surface area contributed by atoms with Crippen molar-refractivity contribution in [2.75, 3.05) is 0 Å². The predicted octanol–water partition coefficient (Wildman–Crippen LogP) is 2.51. The van der Waals surface area contributed by atoms with Crippen molar-refractivity contribution >= 4 is 11.8 Å². The molecule has 0 saturated carbocycles. The highest BCUT2D eigenvalue weighted by Gasteiger charge is 2.02. The molecule has 0 amide bonds. The molecule has 88 valence electrons. The monoisotopic (exact) mass is 250 g/mol. The normalized spacial score (nSPS) is 10.5. The fourth-order valence-corrected chi connectivity index (χ4v) is 2.27. The van der Waals surface area contributed by atoms with E-state index in [0.29, 0.717) is 5.75 Å². The Morgan fingerprint density at radius 2 is 2.06 bits per heavy atom. The summed E-state index contributed by atoms with van der Waals surface area (Å²) >= 11 is 1.50. The molecule has 0 saturated heterocycles. The van der Waals surface area contributed by atoms with E-state index in [0.717, 1.165) is 16.2 Å². The number of benzene rings is 1. The third-order valence-corrected chi connectivity index (χ3v) is 3.44. The maximum Gasteiger partial charge on any atom is 0.345 e. The van der Waals surface area contributed by atoms with Crippen LogP contribution in [0.5, 0.6) is 0 Å². The lowest BCUT2D eigenvalue weighted by atomic mass is 10.2. The number of H-pyrrole nitrogens is 1. The lowest BCUT2D eigenvalue weighted by Gasteiger charge is -2.04. The molecule has 0 radical (unpaired) electrons. The second kappa shape index (κ2) is 5.14. The molecule has 0 fully saturated rings. The Balaban J connectivity index is 2.09. The molecule has 0 unspecified atom stereocenters. The van der Waals surface area contributed by atoms with Crippen LogP contribution in [0, 0.1) is 12.7 Å². The van der Waals surface area contributed by atoms with E-state index in [-0.39, 0.29) is 11.5 Å². The summed E-state index contributed by atoms with van der Waals surface area (Å²) in [7, 11) is 0. The van der Waals surface area contributed by atoms with Crippen LogP contribution < -0.4 is 5.69 Å². The molecule has 0 aliphatic carbocycles. The fourth-order valence-electron chi connectivity index (χ4n) is 1.33. The number of rotatable bonds is 3. The van der Waals surface area contributed by atoms with Gasteiger partial charge in [0.25, 0.3) is 0 Å². The summed E-state index contributed by atoms with van der Waals surface area (Å²) in [4.78, 5) is 17.4. The van der Waals surface area contributed by atoms with Crippen LogP contribution in [-0.2, 0) is 5.75 Å². The molecule has 3 nitrogen and oxygen atoms in total. The smallest absolute Gasteiger partial charge is 0.300 e. The Hall–Kier alpha value is -1.62. The van der Waals surface area contributed by atoms with Crippen LogP contribution in [0.2, 0.25) is 0 Å². The number of aryl methyl sites for hydroxylation is 1. The third-order valence-electron chi connectivity index (χ3n) is 2.25. The number of aromatic nitrogens is 2. The van der Waals surface area contributed by atoms with E-state index in [2.05, 4.69) is 9.97 Å². The lowest BCUT2D eigenvalue weighted by Crippen LogP contribution is -2.10. The number of halogens is 1. The largest absolute Gasteiger partial charge is 0.345 e. The quantitative estimate of drug-likeness (QED) is 0.672. The molecule has 0 aliphatic rings. The van der Waals surface area contributed by atoms with Crippen LogP contribution in [0.4, 0.5) is 4.39 Å². The molecular formula is C12H11FN2OS. The average molecular weight is 250 g/mol. The molecule has 0 bridgehead atoms. The van der Waals surface area contributed by atoms with Gasteiger partial charge in [0.05, 0.1) is 5.03 Å². The molecular weight excluding hydrogens is 239 g/mol. The standard InChI is InChI=1S/C12H11FN2OS/c1-8-6-14-12(16)15-11(8)17-7-9-2-4-10(13)5-3-9/h2-6H,7H2,1H3,(H,14,15,16). The first-order valence-corrected chi connectivity index (χ1v) is 6.07. The zero-order valence-corrected chi connectivity index (χ0v) is 10.1. The Labute approximate surface area is 102 Å². The van der Waals surface area contributed by atoms with E-state index >= 15 is 0 Å². The maximum atomic E-state index is 12.7. The minimum atomic E-state index is -0.350. The number of hydrogen-bond acceptors (Lipinski definition) is 3. The van der Waals surface area contributed by atoms with E-state index in [1.807, 2.05) is 6.92 Å². The van der Waals surface area contributed by atoms with E-state index in [9.17, 15) is 9.18 Å². The molecule has 5 heteroatoms. The number of nitrogens with zero attached hydrogens (tertiary/aromatic N) is 1. The van der Waals surface area contributed by atoms with Gasteiger partial charge in [-0.3, -0.25) is 0 Å². The van der Waals surface area contributed by atoms with Crippen molar-refractivity contribution in [3.63, 3.8) is 0 Å². The average Bonchev–Trinajstić information content (AvgIpc) is 2.32. The summed E-state index contributed by atoms with van der Waals surface area (Å²) < 4.78 is 12.7. The van der Waals surface area contributed by atoms with Gasteiger partial charge in [-0.05, 0) is 30.2 Å². The Bertz CT molecular complexity index is 565. The van der Waals surface area contributed by atoms with Gasteiger partial charge in [0.2, 0.25) is 0 Å². The first-order valence-electron chi connectivity index (χ1n) is 5.08. The minimum absolute atomic E-state index is 0.243. The lowest BCUT2D eigenvalue weighted by molar-refractivity contribution is 0.627. The third kappa shape index (κ3) is 3.17. The van der Waals surface area contributed by atoms with Crippen LogP contribution in [0.25, 0.3) is 0 Å². The molecule has 1 N–H and O–H groups in total. The molecule has 1 aromatic heterocycles. The van der Waals surface area contributed by atoms with Crippen LogP contribution in [-0.4, -0.2) is 9.97 Å². The van der Waals surface area contributed by atoms with Crippen molar-refractivity contribution in [3.8, 4) is 0 Å². The molecule has 1 aromatic carbocycles. The van der Waals surface area contributed by atoms with Gasteiger partial charge in [-0.2, -0.15) is 0 Å².